The fraction of sp³-hybridized carbons (Fsp3) is 0.182. The highest BCUT2D eigenvalue weighted by Gasteiger charge is 2.15. The van der Waals surface area contributed by atoms with Crippen molar-refractivity contribution < 1.29 is 9.53 Å². The fourth-order valence-corrected chi connectivity index (χ4v) is 1.03. The zero-order valence-corrected chi connectivity index (χ0v) is 7.85. The molecule has 2 N–H and O–H groups in total. The molecule has 3 nitrogen and oxygen atoms in total. The molecule has 1 aromatic carbocycles. The van der Waals surface area contributed by atoms with E-state index in [0.29, 0.717) is 0 Å². The molecule has 0 aliphatic carbocycles. The molecule has 0 bridgehead atoms. The number of rotatable bonds is 4. The molecule has 1 atom stereocenters. The van der Waals surface area contributed by atoms with Crippen LogP contribution in [0.15, 0.2) is 43.0 Å². The summed E-state index contributed by atoms with van der Waals surface area (Å²) in [5.41, 5.74) is 6.42. The van der Waals surface area contributed by atoms with E-state index in [2.05, 4.69) is 6.58 Å². The van der Waals surface area contributed by atoms with Crippen molar-refractivity contribution in [3.8, 4) is 0 Å². The molecule has 0 amide bonds. The number of nitrogens with two attached hydrogens (primary N) is 1. The van der Waals surface area contributed by atoms with E-state index in [-0.39, 0.29) is 6.61 Å². The molecule has 0 saturated carbocycles. The van der Waals surface area contributed by atoms with Crippen molar-refractivity contribution in [2.24, 2.45) is 5.73 Å². The zero-order chi connectivity index (χ0) is 10.4. The van der Waals surface area contributed by atoms with Crippen LogP contribution < -0.4 is 5.73 Å². The summed E-state index contributed by atoms with van der Waals surface area (Å²) in [5.74, 6) is -0.434. The Hall–Kier alpha value is -1.61. The first-order chi connectivity index (χ1) is 6.75. The lowest BCUT2D eigenvalue weighted by molar-refractivity contribution is -0.144. The number of benzene rings is 1. The van der Waals surface area contributed by atoms with Crippen LogP contribution in [-0.2, 0) is 9.53 Å². The van der Waals surface area contributed by atoms with Crippen molar-refractivity contribution in [1.82, 2.24) is 0 Å². The normalized spacial score (nSPS) is 11.8. The number of carbonyl (C=O) groups is 1. The summed E-state index contributed by atoms with van der Waals surface area (Å²) in [7, 11) is 0. The van der Waals surface area contributed by atoms with E-state index in [1.165, 1.54) is 6.08 Å². The molecule has 0 saturated heterocycles. The molecule has 0 aromatic heterocycles. The average molecular weight is 191 g/mol. The first-order valence-electron chi connectivity index (χ1n) is 4.33. The summed E-state index contributed by atoms with van der Waals surface area (Å²) in [5, 5.41) is 0. The highest BCUT2D eigenvalue weighted by atomic mass is 16.5. The second-order valence-electron chi connectivity index (χ2n) is 2.81. The Morgan fingerprint density at radius 1 is 1.50 bits per heavy atom. The molecule has 3 heteroatoms. The molecule has 1 rings (SSSR count). The van der Waals surface area contributed by atoms with E-state index in [1.54, 1.807) is 12.1 Å². The quantitative estimate of drug-likeness (QED) is 0.578. The van der Waals surface area contributed by atoms with E-state index in [4.69, 9.17) is 10.5 Å². The minimum atomic E-state index is -0.712. The SMILES string of the molecule is C=CCOC(=O)[C@@H](N)c1ccccc1. The maximum absolute atomic E-state index is 11.3. The lowest BCUT2D eigenvalue weighted by Crippen LogP contribution is -2.23. The van der Waals surface area contributed by atoms with Crippen molar-refractivity contribution in [3.63, 3.8) is 0 Å². The van der Waals surface area contributed by atoms with Gasteiger partial charge in [0.05, 0.1) is 0 Å². The summed E-state index contributed by atoms with van der Waals surface area (Å²) in [6.45, 7) is 3.64. The highest BCUT2D eigenvalue weighted by Crippen LogP contribution is 2.10. The molecule has 1 aromatic rings. The molecule has 0 unspecified atom stereocenters. The van der Waals surface area contributed by atoms with Gasteiger partial charge in [-0.25, -0.2) is 4.79 Å². The molecule has 0 aliphatic rings. The third-order valence-electron chi connectivity index (χ3n) is 1.76. The third-order valence-corrected chi connectivity index (χ3v) is 1.76. The summed E-state index contributed by atoms with van der Waals surface area (Å²) in [6.07, 6.45) is 1.51. The second-order valence-corrected chi connectivity index (χ2v) is 2.81. The Morgan fingerprint density at radius 3 is 2.71 bits per heavy atom. The van der Waals surface area contributed by atoms with Crippen molar-refractivity contribution >= 4 is 5.97 Å². The second kappa shape index (κ2) is 5.19. The lowest BCUT2D eigenvalue weighted by atomic mass is 10.1. The van der Waals surface area contributed by atoms with Crippen molar-refractivity contribution in [3.05, 3.63) is 48.6 Å². The molecule has 74 valence electrons. The van der Waals surface area contributed by atoms with Crippen LogP contribution in [-0.4, -0.2) is 12.6 Å². The first kappa shape index (κ1) is 10.5. The summed E-state index contributed by atoms with van der Waals surface area (Å²) < 4.78 is 4.83. The largest absolute Gasteiger partial charge is 0.460 e. The monoisotopic (exact) mass is 191 g/mol. The van der Waals surface area contributed by atoms with Gasteiger partial charge in [-0.05, 0) is 5.56 Å². The van der Waals surface area contributed by atoms with Crippen molar-refractivity contribution in [2.45, 2.75) is 6.04 Å². The van der Waals surface area contributed by atoms with Crippen LogP contribution in [0.25, 0.3) is 0 Å². The highest BCUT2D eigenvalue weighted by molar-refractivity contribution is 5.77. The Labute approximate surface area is 83.2 Å². The number of esters is 1. The zero-order valence-electron chi connectivity index (χ0n) is 7.85. The third kappa shape index (κ3) is 2.71. The van der Waals surface area contributed by atoms with Crippen LogP contribution in [0.2, 0.25) is 0 Å². The van der Waals surface area contributed by atoms with Gasteiger partial charge in [0, 0.05) is 0 Å². The Morgan fingerprint density at radius 2 is 2.14 bits per heavy atom. The van der Waals surface area contributed by atoms with Gasteiger partial charge in [0.15, 0.2) is 0 Å². The van der Waals surface area contributed by atoms with Crippen molar-refractivity contribution in [1.29, 1.82) is 0 Å². The molecule has 14 heavy (non-hydrogen) atoms. The average Bonchev–Trinajstić information content (AvgIpc) is 2.26. The maximum Gasteiger partial charge on any atom is 0.327 e. The van der Waals surface area contributed by atoms with Gasteiger partial charge in [-0.3, -0.25) is 0 Å². The predicted octanol–water partition coefficient (Wildman–Crippen LogP) is 1.42. The molecular weight excluding hydrogens is 178 g/mol. The summed E-state index contributed by atoms with van der Waals surface area (Å²) in [4.78, 5) is 11.3. The van der Waals surface area contributed by atoms with Crippen LogP contribution in [0.3, 0.4) is 0 Å². The van der Waals surface area contributed by atoms with Gasteiger partial charge in [-0.1, -0.05) is 43.0 Å². The molecule has 0 fully saturated rings. The fourth-order valence-electron chi connectivity index (χ4n) is 1.03. The standard InChI is InChI=1S/C11H13NO2/c1-2-8-14-11(13)10(12)9-6-4-3-5-7-9/h2-7,10H,1,8,12H2/t10-/m0/s1. The van der Waals surface area contributed by atoms with Crippen LogP contribution in [0.1, 0.15) is 11.6 Å². The minimum absolute atomic E-state index is 0.194. The van der Waals surface area contributed by atoms with Gasteiger partial charge in [-0.15, -0.1) is 0 Å². The van der Waals surface area contributed by atoms with Crippen LogP contribution >= 0.6 is 0 Å². The minimum Gasteiger partial charge on any atom is -0.460 e. The number of carbonyl (C=O) groups excluding carboxylic acids is 1. The molecular formula is C11H13NO2. The number of hydrogen-bond donors (Lipinski definition) is 1. The molecule has 0 heterocycles. The smallest absolute Gasteiger partial charge is 0.327 e. The van der Waals surface area contributed by atoms with Gasteiger partial charge in [-0.2, -0.15) is 0 Å². The van der Waals surface area contributed by atoms with E-state index >= 15 is 0 Å². The van der Waals surface area contributed by atoms with E-state index in [9.17, 15) is 4.79 Å². The van der Waals surface area contributed by atoms with Gasteiger partial charge in [0.1, 0.15) is 12.6 Å². The predicted molar refractivity (Wildman–Crippen MR) is 54.5 cm³/mol. The molecule has 0 radical (unpaired) electrons. The molecule has 0 aliphatic heterocycles. The lowest BCUT2D eigenvalue weighted by Gasteiger charge is -2.10. The van der Waals surface area contributed by atoms with E-state index in [1.807, 2.05) is 18.2 Å². The maximum atomic E-state index is 11.3. The topological polar surface area (TPSA) is 52.3 Å². The van der Waals surface area contributed by atoms with Crippen LogP contribution in [0.5, 0.6) is 0 Å². The van der Waals surface area contributed by atoms with Crippen molar-refractivity contribution in [2.75, 3.05) is 6.61 Å². The summed E-state index contributed by atoms with van der Waals surface area (Å²) in [6, 6.07) is 8.40. The summed E-state index contributed by atoms with van der Waals surface area (Å²) >= 11 is 0. The van der Waals surface area contributed by atoms with E-state index in [0.717, 1.165) is 5.56 Å². The molecule has 0 spiro atoms. The van der Waals surface area contributed by atoms with E-state index < -0.39 is 12.0 Å². The van der Waals surface area contributed by atoms with Gasteiger partial charge in [0.2, 0.25) is 0 Å². The van der Waals surface area contributed by atoms with Crippen LogP contribution in [0.4, 0.5) is 0 Å². The van der Waals surface area contributed by atoms with Gasteiger partial charge >= 0.3 is 5.97 Å². The first-order valence-corrected chi connectivity index (χ1v) is 4.33. The number of ether oxygens (including phenoxy) is 1. The number of hydrogen-bond acceptors (Lipinski definition) is 3. The Balaban J connectivity index is 2.61. The Kier molecular flexibility index (Phi) is 3.88. The van der Waals surface area contributed by atoms with Gasteiger partial charge in [0.25, 0.3) is 0 Å². The van der Waals surface area contributed by atoms with Crippen LogP contribution in [0, 0.1) is 0 Å². The Bertz CT molecular complexity index is 308. The van der Waals surface area contributed by atoms with Gasteiger partial charge < -0.3 is 10.5 Å².